The number of halogens is 1. The highest BCUT2D eigenvalue weighted by molar-refractivity contribution is 6.03. The zero-order valence-corrected chi connectivity index (χ0v) is 15.7. The highest BCUT2D eigenvalue weighted by Crippen LogP contribution is 2.27. The second-order valence-electron chi connectivity index (χ2n) is 7.90. The molecule has 7 heteroatoms. The fourth-order valence-corrected chi connectivity index (χ4v) is 4.27. The van der Waals surface area contributed by atoms with Gasteiger partial charge in [-0.3, -0.25) is 5.43 Å². The molecule has 1 saturated carbocycles. The molecule has 6 nitrogen and oxygen atoms in total. The van der Waals surface area contributed by atoms with Crippen molar-refractivity contribution in [3.8, 4) is 0 Å². The molecule has 0 aromatic rings. The lowest BCUT2D eigenvalue weighted by Gasteiger charge is -2.33. The van der Waals surface area contributed by atoms with Gasteiger partial charge in [-0.15, -0.1) is 0 Å². The van der Waals surface area contributed by atoms with Gasteiger partial charge in [0, 0.05) is 12.3 Å². The zero-order chi connectivity index (χ0) is 18.6. The van der Waals surface area contributed by atoms with Gasteiger partial charge in [-0.2, -0.15) is 5.10 Å². The predicted molar refractivity (Wildman–Crippen MR) is 106 cm³/mol. The summed E-state index contributed by atoms with van der Waals surface area (Å²) < 4.78 is 19.3. The van der Waals surface area contributed by atoms with Gasteiger partial charge in [0.1, 0.15) is 18.0 Å². The summed E-state index contributed by atoms with van der Waals surface area (Å²) in [5.41, 5.74) is 2.99. The van der Waals surface area contributed by atoms with Crippen LogP contribution in [0.4, 0.5) is 4.39 Å². The Bertz CT molecular complexity index is 678. The molecule has 0 aromatic heterocycles. The molecule has 4 unspecified atom stereocenters. The Balaban J connectivity index is 1.19. The highest BCUT2D eigenvalue weighted by Gasteiger charge is 2.32. The molecule has 0 amide bonds. The largest absolute Gasteiger partial charge is 0.375 e. The number of rotatable bonds is 5. The molecule has 2 N–H and O–H groups in total. The van der Waals surface area contributed by atoms with Crippen LogP contribution in [0, 0.1) is 11.8 Å². The van der Waals surface area contributed by atoms with E-state index in [4.69, 9.17) is 4.74 Å². The third kappa shape index (κ3) is 4.64. The van der Waals surface area contributed by atoms with Gasteiger partial charge < -0.3 is 10.1 Å². The smallest absolute Gasteiger partial charge is 0.150 e. The van der Waals surface area contributed by atoms with Gasteiger partial charge >= 0.3 is 0 Å². The van der Waals surface area contributed by atoms with Crippen LogP contribution in [0.25, 0.3) is 0 Å². The minimum absolute atomic E-state index is 0.0114. The van der Waals surface area contributed by atoms with E-state index in [1.165, 1.54) is 0 Å². The topological polar surface area (TPSA) is 70.4 Å². The summed E-state index contributed by atoms with van der Waals surface area (Å²) in [4.78, 5) is 8.71. The predicted octanol–water partition coefficient (Wildman–Crippen LogP) is 3.08. The Kier molecular flexibility index (Phi) is 5.66. The van der Waals surface area contributed by atoms with Crippen LogP contribution in [0.3, 0.4) is 0 Å². The van der Waals surface area contributed by atoms with E-state index >= 15 is 0 Å². The maximum atomic E-state index is 13.1. The van der Waals surface area contributed by atoms with E-state index in [-0.39, 0.29) is 24.0 Å². The van der Waals surface area contributed by atoms with Crippen LogP contribution >= 0.6 is 0 Å². The summed E-state index contributed by atoms with van der Waals surface area (Å²) in [6, 6.07) is 0.425. The quantitative estimate of drug-likeness (QED) is 0.778. The molecular weight excluding hydrogens is 345 g/mol. The maximum Gasteiger partial charge on any atom is 0.150 e. The van der Waals surface area contributed by atoms with Gasteiger partial charge in [-0.05, 0) is 63.5 Å². The van der Waals surface area contributed by atoms with Gasteiger partial charge in [-0.25, -0.2) is 14.4 Å². The Morgan fingerprint density at radius 3 is 2.96 bits per heavy atom. The van der Waals surface area contributed by atoms with E-state index in [0.717, 1.165) is 44.4 Å². The molecule has 4 rings (SSSR count). The molecule has 0 bridgehead atoms. The lowest BCUT2D eigenvalue weighted by Crippen LogP contribution is -2.47. The first-order valence-corrected chi connectivity index (χ1v) is 10.0. The Morgan fingerprint density at radius 1 is 1.33 bits per heavy atom. The number of nitrogens with one attached hydrogen (secondary N) is 2. The summed E-state index contributed by atoms with van der Waals surface area (Å²) in [7, 11) is 0. The number of aliphatic imine (C=N–C) groups is 2. The fraction of sp³-hybridized carbons (Fsp3) is 0.650. The number of hydrazone groups is 1. The molecule has 2 aliphatic heterocycles. The Morgan fingerprint density at radius 2 is 2.19 bits per heavy atom. The van der Waals surface area contributed by atoms with Crippen molar-refractivity contribution in [3.63, 3.8) is 0 Å². The van der Waals surface area contributed by atoms with Gasteiger partial charge in [0.05, 0.1) is 18.1 Å². The summed E-state index contributed by atoms with van der Waals surface area (Å²) in [5, 5.41) is 7.70. The lowest BCUT2D eigenvalue weighted by atomic mass is 9.91. The first kappa shape index (κ1) is 18.3. The molecule has 0 saturated heterocycles. The average Bonchev–Trinajstić information content (AvgIpc) is 3.15. The third-order valence-corrected chi connectivity index (χ3v) is 5.75. The molecule has 0 aromatic carbocycles. The van der Waals surface area contributed by atoms with Crippen molar-refractivity contribution in [1.82, 2.24) is 10.7 Å². The molecule has 2 heterocycles. The molecule has 1 fully saturated rings. The summed E-state index contributed by atoms with van der Waals surface area (Å²) in [5.74, 6) is 1.35. The van der Waals surface area contributed by atoms with Crippen LogP contribution in [0.15, 0.2) is 39.1 Å². The van der Waals surface area contributed by atoms with E-state index in [0.29, 0.717) is 18.1 Å². The summed E-state index contributed by atoms with van der Waals surface area (Å²) in [6.07, 6.45) is 15.2. The second-order valence-corrected chi connectivity index (χ2v) is 7.90. The van der Waals surface area contributed by atoms with Crippen LogP contribution in [0.5, 0.6) is 0 Å². The molecule has 27 heavy (non-hydrogen) atoms. The number of allylic oxidation sites excluding steroid dienone is 4. The average molecular weight is 373 g/mol. The Labute approximate surface area is 159 Å². The highest BCUT2D eigenvalue weighted by atomic mass is 19.1. The molecule has 2 aliphatic carbocycles. The number of hydrogen-bond acceptors (Lipinski definition) is 6. The van der Waals surface area contributed by atoms with Crippen LogP contribution in [-0.2, 0) is 4.74 Å². The third-order valence-electron chi connectivity index (χ3n) is 5.75. The van der Waals surface area contributed by atoms with Gasteiger partial charge in [0.2, 0.25) is 0 Å². The van der Waals surface area contributed by atoms with Gasteiger partial charge in [0.15, 0.2) is 6.17 Å². The summed E-state index contributed by atoms with van der Waals surface area (Å²) >= 11 is 0. The minimum Gasteiger partial charge on any atom is -0.375 e. The van der Waals surface area contributed by atoms with E-state index in [1.807, 2.05) is 12.3 Å². The summed E-state index contributed by atoms with van der Waals surface area (Å²) in [6.45, 7) is 2.13. The van der Waals surface area contributed by atoms with Gasteiger partial charge in [0.25, 0.3) is 0 Å². The Hall–Kier alpha value is -2.02. The monoisotopic (exact) mass is 373 g/mol. The minimum atomic E-state index is -0.120. The number of hydrogen-bond donors (Lipinski definition) is 2. The number of nitrogens with zero attached hydrogens (tertiary/aromatic N) is 3. The molecule has 4 aliphatic rings. The first-order chi connectivity index (χ1) is 13.2. The van der Waals surface area contributed by atoms with E-state index in [2.05, 4.69) is 32.8 Å². The van der Waals surface area contributed by atoms with Crippen molar-refractivity contribution in [2.24, 2.45) is 26.9 Å². The normalized spacial score (nSPS) is 35.9. The molecule has 4 atom stereocenters. The van der Waals surface area contributed by atoms with Crippen molar-refractivity contribution in [1.29, 1.82) is 0 Å². The van der Waals surface area contributed by atoms with Crippen molar-refractivity contribution >= 4 is 18.4 Å². The van der Waals surface area contributed by atoms with Crippen molar-refractivity contribution in [2.75, 3.05) is 0 Å². The van der Waals surface area contributed by atoms with Crippen molar-refractivity contribution in [3.05, 3.63) is 24.1 Å². The van der Waals surface area contributed by atoms with Crippen LogP contribution in [-0.4, -0.2) is 42.8 Å². The van der Waals surface area contributed by atoms with E-state index < -0.39 is 0 Å². The first-order valence-electron chi connectivity index (χ1n) is 10.0. The van der Waals surface area contributed by atoms with Gasteiger partial charge in [-0.1, -0.05) is 6.08 Å². The van der Waals surface area contributed by atoms with Crippen molar-refractivity contribution < 1.29 is 9.13 Å². The fourth-order valence-electron chi connectivity index (χ4n) is 4.27. The number of amidine groups is 1. The van der Waals surface area contributed by atoms with Crippen LogP contribution < -0.4 is 10.7 Å². The molecule has 0 radical (unpaired) electrons. The lowest BCUT2D eigenvalue weighted by molar-refractivity contribution is -0.0314. The molecule has 0 spiro atoms. The van der Waals surface area contributed by atoms with Crippen molar-refractivity contribution in [2.45, 2.75) is 69.9 Å². The standard InChI is InChI=1S/C20H28FN5O/c1-13(10-14-2-4-15(21)5-3-14)27-17-8-6-16(7-9-17)25-19-18-11-24-26-20(18)23-12-22-19/h2,4-5,11-14,16-18,20,26H,3,6-10H2,1H3,(H,22,23,25). The molecular formula is C20H28FN5O. The van der Waals surface area contributed by atoms with E-state index in [9.17, 15) is 4.39 Å². The number of ether oxygens (including phenoxy) is 1. The van der Waals surface area contributed by atoms with Crippen LogP contribution in [0.2, 0.25) is 0 Å². The van der Waals surface area contributed by atoms with Crippen LogP contribution in [0.1, 0.15) is 45.4 Å². The second kappa shape index (κ2) is 8.33. The SMILES string of the molecule is CC(CC1C=CC(F)=CC1)OC1CCC(NC2=NC=NC3NN=CC23)CC1. The maximum absolute atomic E-state index is 13.1. The van der Waals surface area contributed by atoms with E-state index in [1.54, 1.807) is 18.5 Å². The zero-order valence-electron chi connectivity index (χ0n) is 15.7. The number of fused-ring (bicyclic) bond motifs is 1. The molecule has 146 valence electrons.